The van der Waals surface area contributed by atoms with E-state index in [9.17, 15) is 4.39 Å². The van der Waals surface area contributed by atoms with Gasteiger partial charge in [0.05, 0.1) is 9.92 Å². The van der Waals surface area contributed by atoms with Crippen LogP contribution in [0.1, 0.15) is 18.5 Å². The maximum atomic E-state index is 13.8. The van der Waals surface area contributed by atoms with Gasteiger partial charge in [-0.3, -0.25) is 0 Å². The summed E-state index contributed by atoms with van der Waals surface area (Å²) < 4.78 is 13.8. The van der Waals surface area contributed by atoms with E-state index in [4.69, 9.17) is 17.3 Å². The second-order valence-corrected chi connectivity index (χ2v) is 5.33. The van der Waals surface area contributed by atoms with Gasteiger partial charge in [0.15, 0.2) is 0 Å². The number of benzene rings is 1. The lowest BCUT2D eigenvalue weighted by Gasteiger charge is -2.12. The normalized spacial score (nSPS) is 12.4. The largest absolute Gasteiger partial charge is 0.324 e. The van der Waals surface area contributed by atoms with Crippen molar-refractivity contribution in [3.05, 3.63) is 52.9 Å². The van der Waals surface area contributed by atoms with E-state index < -0.39 is 0 Å². The Balaban J connectivity index is 2.36. The highest BCUT2D eigenvalue weighted by Gasteiger charge is 2.13. The van der Waals surface area contributed by atoms with Crippen LogP contribution in [0.3, 0.4) is 0 Å². The lowest BCUT2D eigenvalue weighted by molar-refractivity contribution is 0.591. The number of aromatic nitrogens is 1. The summed E-state index contributed by atoms with van der Waals surface area (Å²) in [6, 6.07) is 8.16. The predicted octanol–water partition coefficient (Wildman–Crippen LogP) is 4.05. The Morgan fingerprint density at radius 3 is 2.72 bits per heavy atom. The molecule has 1 unspecified atom stereocenters. The maximum Gasteiger partial charge on any atom is 0.137 e. The van der Waals surface area contributed by atoms with Crippen molar-refractivity contribution in [1.82, 2.24) is 4.98 Å². The second kappa shape index (κ2) is 5.69. The quantitative estimate of drug-likeness (QED) is 0.923. The van der Waals surface area contributed by atoms with Crippen LogP contribution >= 0.6 is 23.4 Å². The number of nitrogens with zero attached hydrogens (tertiary/aromatic N) is 1. The van der Waals surface area contributed by atoms with Crippen LogP contribution in [-0.2, 0) is 0 Å². The number of hydrogen-bond acceptors (Lipinski definition) is 3. The third-order valence-electron chi connectivity index (χ3n) is 2.39. The number of halogens is 2. The molecule has 1 aromatic carbocycles. The summed E-state index contributed by atoms with van der Waals surface area (Å²) in [6.45, 7) is 1.83. The second-order valence-electron chi connectivity index (χ2n) is 3.86. The molecule has 0 spiro atoms. The summed E-state index contributed by atoms with van der Waals surface area (Å²) in [7, 11) is 0. The Morgan fingerprint density at radius 2 is 2.11 bits per heavy atom. The number of hydrogen-bond donors (Lipinski definition) is 1. The third kappa shape index (κ3) is 3.02. The molecule has 94 valence electrons. The zero-order valence-electron chi connectivity index (χ0n) is 9.73. The molecule has 0 fully saturated rings. The maximum absolute atomic E-state index is 13.8. The molecule has 0 aliphatic heterocycles. The molecule has 2 nitrogen and oxygen atoms in total. The fourth-order valence-corrected chi connectivity index (χ4v) is 2.62. The van der Waals surface area contributed by atoms with Crippen molar-refractivity contribution in [2.24, 2.45) is 5.73 Å². The molecule has 2 rings (SSSR count). The summed E-state index contributed by atoms with van der Waals surface area (Å²) >= 11 is 7.01. The van der Waals surface area contributed by atoms with Crippen LogP contribution in [0, 0.1) is 5.82 Å². The SMILES string of the molecule is CC(N)c1cccc(F)c1Sc1ccc(Cl)cn1. The van der Waals surface area contributed by atoms with Gasteiger partial charge in [0, 0.05) is 12.2 Å². The average Bonchev–Trinajstić information content (AvgIpc) is 2.34. The zero-order chi connectivity index (χ0) is 13.1. The zero-order valence-corrected chi connectivity index (χ0v) is 11.3. The number of pyridine rings is 1. The van der Waals surface area contributed by atoms with Crippen LogP contribution in [0.15, 0.2) is 46.5 Å². The molecule has 5 heteroatoms. The van der Waals surface area contributed by atoms with Crippen LogP contribution in [-0.4, -0.2) is 4.98 Å². The average molecular weight is 283 g/mol. The van der Waals surface area contributed by atoms with Gasteiger partial charge in [0.25, 0.3) is 0 Å². The van der Waals surface area contributed by atoms with E-state index in [0.29, 0.717) is 14.9 Å². The summed E-state index contributed by atoms with van der Waals surface area (Å²) in [5, 5.41) is 1.24. The van der Waals surface area contributed by atoms with E-state index >= 15 is 0 Å². The van der Waals surface area contributed by atoms with Crippen molar-refractivity contribution >= 4 is 23.4 Å². The van der Waals surface area contributed by atoms with E-state index in [1.807, 2.05) is 13.0 Å². The first-order valence-corrected chi connectivity index (χ1v) is 6.61. The molecule has 0 aliphatic rings. The van der Waals surface area contributed by atoms with Crippen molar-refractivity contribution in [2.75, 3.05) is 0 Å². The van der Waals surface area contributed by atoms with Crippen LogP contribution < -0.4 is 5.73 Å². The van der Waals surface area contributed by atoms with Gasteiger partial charge in [-0.05, 0) is 30.7 Å². The smallest absolute Gasteiger partial charge is 0.137 e. The van der Waals surface area contributed by atoms with Crippen molar-refractivity contribution in [3.63, 3.8) is 0 Å². The first kappa shape index (κ1) is 13.3. The van der Waals surface area contributed by atoms with Crippen LogP contribution in [0.4, 0.5) is 4.39 Å². The van der Waals surface area contributed by atoms with Gasteiger partial charge in [0.1, 0.15) is 10.8 Å². The van der Waals surface area contributed by atoms with Gasteiger partial charge in [0.2, 0.25) is 0 Å². The number of rotatable bonds is 3. The van der Waals surface area contributed by atoms with Crippen molar-refractivity contribution in [1.29, 1.82) is 0 Å². The van der Waals surface area contributed by atoms with Crippen molar-refractivity contribution < 1.29 is 4.39 Å². The van der Waals surface area contributed by atoms with Gasteiger partial charge < -0.3 is 5.73 Å². The Bertz CT molecular complexity index is 543. The van der Waals surface area contributed by atoms with E-state index in [1.54, 1.807) is 18.2 Å². The highest BCUT2D eigenvalue weighted by Crippen LogP contribution is 2.34. The first-order chi connectivity index (χ1) is 8.58. The molecule has 2 aromatic rings. The Labute approximate surface area is 114 Å². The Morgan fingerprint density at radius 1 is 1.33 bits per heavy atom. The van der Waals surface area contributed by atoms with E-state index in [-0.39, 0.29) is 11.9 Å². The highest BCUT2D eigenvalue weighted by atomic mass is 35.5. The lowest BCUT2D eigenvalue weighted by atomic mass is 10.1. The molecule has 0 bridgehead atoms. The molecule has 0 amide bonds. The molecule has 0 aliphatic carbocycles. The van der Waals surface area contributed by atoms with Crippen molar-refractivity contribution in [3.8, 4) is 0 Å². The standard InChI is InChI=1S/C13H12ClFN2S/c1-8(16)10-3-2-4-11(15)13(10)18-12-6-5-9(14)7-17-12/h2-8H,16H2,1H3. The molecule has 0 saturated carbocycles. The fraction of sp³-hybridized carbons (Fsp3) is 0.154. The molecule has 0 radical (unpaired) electrons. The summed E-state index contributed by atoms with van der Waals surface area (Å²) in [5.74, 6) is -0.286. The Kier molecular flexibility index (Phi) is 4.22. The van der Waals surface area contributed by atoms with Gasteiger partial charge in [-0.15, -0.1) is 0 Å². The molecular formula is C13H12ClFN2S. The highest BCUT2D eigenvalue weighted by molar-refractivity contribution is 7.99. The number of nitrogens with two attached hydrogens (primary N) is 1. The first-order valence-electron chi connectivity index (χ1n) is 5.41. The summed E-state index contributed by atoms with van der Waals surface area (Å²) in [4.78, 5) is 4.65. The molecular weight excluding hydrogens is 271 g/mol. The molecule has 2 N–H and O–H groups in total. The minimum absolute atomic E-state index is 0.226. The van der Waals surface area contributed by atoms with Gasteiger partial charge in [-0.1, -0.05) is 35.5 Å². The van der Waals surface area contributed by atoms with Gasteiger partial charge in [-0.2, -0.15) is 0 Å². The van der Waals surface area contributed by atoms with E-state index in [1.165, 1.54) is 24.0 Å². The monoisotopic (exact) mass is 282 g/mol. The predicted molar refractivity (Wildman–Crippen MR) is 72.4 cm³/mol. The third-order valence-corrected chi connectivity index (χ3v) is 3.70. The topological polar surface area (TPSA) is 38.9 Å². The lowest BCUT2D eigenvalue weighted by Crippen LogP contribution is -2.07. The fourth-order valence-electron chi connectivity index (χ4n) is 1.52. The van der Waals surface area contributed by atoms with Crippen LogP contribution in [0.2, 0.25) is 5.02 Å². The van der Waals surface area contributed by atoms with Gasteiger partial charge >= 0.3 is 0 Å². The molecule has 1 heterocycles. The van der Waals surface area contributed by atoms with Crippen molar-refractivity contribution in [2.45, 2.75) is 22.9 Å². The van der Waals surface area contributed by atoms with Crippen LogP contribution in [0.25, 0.3) is 0 Å². The Hall–Kier alpha value is -1.10. The van der Waals surface area contributed by atoms with E-state index in [2.05, 4.69) is 4.98 Å². The molecule has 0 saturated heterocycles. The minimum atomic E-state index is -0.286. The molecule has 1 atom stereocenters. The minimum Gasteiger partial charge on any atom is -0.324 e. The van der Waals surface area contributed by atoms with Crippen LogP contribution in [0.5, 0.6) is 0 Å². The van der Waals surface area contributed by atoms with Gasteiger partial charge in [-0.25, -0.2) is 9.37 Å². The summed E-state index contributed by atoms with van der Waals surface area (Å²) in [5.41, 5.74) is 6.61. The van der Waals surface area contributed by atoms with E-state index in [0.717, 1.165) is 5.56 Å². The summed E-state index contributed by atoms with van der Waals surface area (Å²) in [6.07, 6.45) is 1.54. The molecule has 18 heavy (non-hydrogen) atoms. The molecule has 1 aromatic heterocycles.